The lowest BCUT2D eigenvalue weighted by atomic mass is 10.0. The second-order valence-corrected chi connectivity index (χ2v) is 7.30. The van der Waals surface area contributed by atoms with E-state index in [0.29, 0.717) is 6.04 Å². The SMILES string of the molecule is Cc1sc2ncnc(N3CCC(N)CC3)c2c1-c1ccccc1. The second kappa shape index (κ2) is 5.91. The van der Waals surface area contributed by atoms with Gasteiger partial charge in [0.15, 0.2) is 0 Å². The fourth-order valence-corrected chi connectivity index (χ4v) is 4.34. The Hall–Kier alpha value is -1.98. The Balaban J connectivity index is 1.89. The third-order valence-corrected chi connectivity index (χ3v) is 5.56. The van der Waals surface area contributed by atoms with Crippen LogP contribution in [-0.2, 0) is 0 Å². The Morgan fingerprint density at radius 2 is 1.87 bits per heavy atom. The minimum absolute atomic E-state index is 0.321. The fraction of sp³-hybridized carbons (Fsp3) is 0.333. The van der Waals surface area contributed by atoms with Gasteiger partial charge >= 0.3 is 0 Å². The monoisotopic (exact) mass is 324 g/mol. The Labute approximate surface area is 140 Å². The molecule has 1 aliphatic heterocycles. The van der Waals surface area contributed by atoms with Gasteiger partial charge in [-0.2, -0.15) is 0 Å². The van der Waals surface area contributed by atoms with Crippen LogP contribution < -0.4 is 10.6 Å². The number of aryl methyl sites for hydroxylation is 1. The van der Waals surface area contributed by atoms with Gasteiger partial charge in [0, 0.05) is 29.6 Å². The summed E-state index contributed by atoms with van der Waals surface area (Å²) in [6, 6.07) is 10.9. The van der Waals surface area contributed by atoms with Crippen molar-refractivity contribution < 1.29 is 0 Å². The molecule has 0 saturated carbocycles. The number of hydrogen-bond donors (Lipinski definition) is 1. The van der Waals surface area contributed by atoms with Crippen LogP contribution in [0.25, 0.3) is 21.3 Å². The molecule has 0 aliphatic carbocycles. The zero-order valence-electron chi connectivity index (χ0n) is 13.2. The molecule has 4 nitrogen and oxygen atoms in total. The first kappa shape index (κ1) is 14.6. The molecule has 0 unspecified atom stereocenters. The van der Waals surface area contributed by atoms with Gasteiger partial charge in [-0.1, -0.05) is 30.3 Å². The Kier molecular flexibility index (Phi) is 3.75. The molecule has 3 heterocycles. The summed E-state index contributed by atoms with van der Waals surface area (Å²) in [4.78, 5) is 13.9. The van der Waals surface area contributed by atoms with E-state index < -0.39 is 0 Å². The van der Waals surface area contributed by atoms with Crippen molar-refractivity contribution in [3.8, 4) is 11.1 Å². The first-order chi connectivity index (χ1) is 11.2. The maximum absolute atomic E-state index is 6.06. The molecular weight excluding hydrogens is 304 g/mol. The summed E-state index contributed by atoms with van der Waals surface area (Å²) >= 11 is 1.75. The number of nitrogens with two attached hydrogens (primary N) is 1. The van der Waals surface area contributed by atoms with Crippen LogP contribution in [0.5, 0.6) is 0 Å². The lowest BCUT2D eigenvalue weighted by Gasteiger charge is -2.31. The largest absolute Gasteiger partial charge is 0.356 e. The van der Waals surface area contributed by atoms with Crippen molar-refractivity contribution in [2.45, 2.75) is 25.8 Å². The molecule has 1 aliphatic rings. The molecule has 1 aromatic carbocycles. The molecule has 23 heavy (non-hydrogen) atoms. The molecule has 1 saturated heterocycles. The maximum Gasteiger partial charge on any atom is 0.141 e. The van der Waals surface area contributed by atoms with E-state index in [2.05, 4.69) is 52.1 Å². The van der Waals surface area contributed by atoms with Crippen LogP contribution in [0, 0.1) is 6.92 Å². The van der Waals surface area contributed by atoms with E-state index in [4.69, 9.17) is 5.73 Å². The molecule has 0 amide bonds. The van der Waals surface area contributed by atoms with Crippen molar-refractivity contribution in [1.82, 2.24) is 9.97 Å². The van der Waals surface area contributed by atoms with Crippen molar-refractivity contribution in [2.24, 2.45) is 5.73 Å². The maximum atomic E-state index is 6.06. The van der Waals surface area contributed by atoms with Gasteiger partial charge in [-0.25, -0.2) is 9.97 Å². The molecule has 0 spiro atoms. The molecular formula is C18H20N4S. The van der Waals surface area contributed by atoms with Crippen molar-refractivity contribution in [1.29, 1.82) is 0 Å². The highest BCUT2D eigenvalue weighted by molar-refractivity contribution is 7.19. The van der Waals surface area contributed by atoms with Gasteiger partial charge in [0.05, 0.1) is 5.39 Å². The van der Waals surface area contributed by atoms with Crippen LogP contribution in [0.15, 0.2) is 36.7 Å². The average molecular weight is 324 g/mol. The van der Waals surface area contributed by atoms with E-state index in [1.807, 2.05) is 0 Å². The summed E-state index contributed by atoms with van der Waals surface area (Å²) in [7, 11) is 0. The van der Waals surface area contributed by atoms with Gasteiger partial charge in [-0.15, -0.1) is 11.3 Å². The van der Waals surface area contributed by atoms with Crippen molar-refractivity contribution in [3.05, 3.63) is 41.5 Å². The quantitative estimate of drug-likeness (QED) is 0.782. The summed E-state index contributed by atoms with van der Waals surface area (Å²) in [5.41, 5.74) is 8.57. The van der Waals surface area contributed by atoms with E-state index >= 15 is 0 Å². The lowest BCUT2D eigenvalue weighted by molar-refractivity contribution is 0.499. The van der Waals surface area contributed by atoms with Gasteiger partial charge in [0.25, 0.3) is 0 Å². The number of fused-ring (bicyclic) bond motifs is 1. The minimum atomic E-state index is 0.321. The molecule has 1 fully saturated rings. The zero-order valence-corrected chi connectivity index (χ0v) is 14.0. The van der Waals surface area contributed by atoms with Crippen molar-refractivity contribution in [2.75, 3.05) is 18.0 Å². The number of benzene rings is 1. The Morgan fingerprint density at radius 3 is 2.61 bits per heavy atom. The lowest BCUT2D eigenvalue weighted by Crippen LogP contribution is -2.40. The fourth-order valence-electron chi connectivity index (χ4n) is 3.33. The van der Waals surface area contributed by atoms with E-state index in [1.165, 1.54) is 21.4 Å². The van der Waals surface area contributed by atoms with Crippen molar-refractivity contribution >= 4 is 27.4 Å². The predicted molar refractivity (Wildman–Crippen MR) is 97.0 cm³/mol. The standard InChI is InChI=1S/C18H20N4S/c1-12-15(13-5-3-2-4-6-13)16-17(20-11-21-18(16)23-12)22-9-7-14(19)8-10-22/h2-6,11,14H,7-10,19H2,1H3. The van der Waals surface area contributed by atoms with Crippen LogP contribution in [0.1, 0.15) is 17.7 Å². The molecule has 0 radical (unpaired) electrons. The van der Waals surface area contributed by atoms with Gasteiger partial charge in [0.2, 0.25) is 0 Å². The van der Waals surface area contributed by atoms with E-state index in [9.17, 15) is 0 Å². The third-order valence-electron chi connectivity index (χ3n) is 4.55. The molecule has 4 rings (SSSR count). The molecule has 5 heteroatoms. The summed E-state index contributed by atoms with van der Waals surface area (Å²) in [5, 5.41) is 1.19. The van der Waals surface area contributed by atoms with Crippen molar-refractivity contribution in [3.63, 3.8) is 0 Å². The highest BCUT2D eigenvalue weighted by Crippen LogP contribution is 2.41. The van der Waals surface area contributed by atoms with Gasteiger partial charge in [-0.3, -0.25) is 0 Å². The Morgan fingerprint density at radius 1 is 1.13 bits per heavy atom. The number of hydrogen-bond acceptors (Lipinski definition) is 5. The summed E-state index contributed by atoms with van der Waals surface area (Å²) in [6.45, 7) is 4.11. The summed E-state index contributed by atoms with van der Waals surface area (Å²) in [6.07, 6.45) is 3.74. The van der Waals surface area contributed by atoms with Crippen LogP contribution in [-0.4, -0.2) is 29.1 Å². The average Bonchev–Trinajstić information content (AvgIpc) is 2.92. The van der Waals surface area contributed by atoms with E-state index in [-0.39, 0.29) is 0 Å². The van der Waals surface area contributed by atoms with Crippen LogP contribution in [0.2, 0.25) is 0 Å². The zero-order chi connectivity index (χ0) is 15.8. The van der Waals surface area contributed by atoms with Gasteiger partial charge in [-0.05, 0) is 25.3 Å². The van der Waals surface area contributed by atoms with Crippen LogP contribution in [0.4, 0.5) is 5.82 Å². The molecule has 0 atom stereocenters. The molecule has 0 bridgehead atoms. The molecule has 3 aromatic rings. The normalized spacial score (nSPS) is 16.2. The first-order valence-corrected chi connectivity index (χ1v) is 8.85. The van der Waals surface area contributed by atoms with E-state index in [1.54, 1.807) is 17.7 Å². The van der Waals surface area contributed by atoms with Gasteiger partial charge in [0.1, 0.15) is 17.0 Å². The number of anilines is 1. The third kappa shape index (κ3) is 2.60. The summed E-state index contributed by atoms with van der Waals surface area (Å²) in [5.74, 6) is 1.06. The topological polar surface area (TPSA) is 55.0 Å². The van der Waals surface area contributed by atoms with Crippen LogP contribution >= 0.6 is 11.3 Å². The number of nitrogens with zero attached hydrogens (tertiary/aromatic N) is 3. The predicted octanol–water partition coefficient (Wildman–Crippen LogP) is 3.59. The van der Waals surface area contributed by atoms with Gasteiger partial charge < -0.3 is 10.6 Å². The number of thiophene rings is 1. The second-order valence-electron chi connectivity index (χ2n) is 6.10. The molecule has 2 N–H and O–H groups in total. The smallest absolute Gasteiger partial charge is 0.141 e. The molecule has 118 valence electrons. The highest BCUT2D eigenvalue weighted by Gasteiger charge is 2.23. The minimum Gasteiger partial charge on any atom is -0.356 e. The first-order valence-electron chi connectivity index (χ1n) is 8.04. The highest BCUT2D eigenvalue weighted by atomic mass is 32.1. The number of rotatable bonds is 2. The summed E-state index contributed by atoms with van der Waals surface area (Å²) < 4.78 is 0. The van der Waals surface area contributed by atoms with E-state index in [0.717, 1.165) is 36.6 Å². The van der Waals surface area contributed by atoms with Crippen LogP contribution in [0.3, 0.4) is 0 Å². The Bertz CT molecular complexity index is 820. The number of piperidine rings is 1. The molecule has 2 aromatic heterocycles. The number of aromatic nitrogens is 2.